The van der Waals surface area contributed by atoms with Gasteiger partial charge in [-0.2, -0.15) is 0 Å². The van der Waals surface area contributed by atoms with Gasteiger partial charge in [-0.25, -0.2) is 9.78 Å². The van der Waals surface area contributed by atoms with Gasteiger partial charge in [0.1, 0.15) is 28.7 Å². The number of ether oxygens (including phenoxy) is 1. The summed E-state index contributed by atoms with van der Waals surface area (Å²) in [5.41, 5.74) is 3.66. The van der Waals surface area contributed by atoms with Gasteiger partial charge in [-0.15, -0.1) is 11.3 Å². The fourth-order valence-electron chi connectivity index (χ4n) is 2.85. The summed E-state index contributed by atoms with van der Waals surface area (Å²) in [6, 6.07) is 7.61. The zero-order chi connectivity index (χ0) is 20.3. The molecule has 0 aliphatic carbocycles. The van der Waals surface area contributed by atoms with Crippen molar-refractivity contribution in [2.75, 3.05) is 5.32 Å². The van der Waals surface area contributed by atoms with Crippen molar-refractivity contribution in [3.8, 4) is 0 Å². The van der Waals surface area contributed by atoms with Gasteiger partial charge in [0.2, 0.25) is 5.91 Å². The normalized spacial score (nSPS) is 10.7. The molecule has 0 aliphatic heterocycles. The highest BCUT2D eigenvalue weighted by Gasteiger charge is 2.20. The van der Waals surface area contributed by atoms with E-state index in [-0.39, 0.29) is 18.9 Å². The van der Waals surface area contributed by atoms with Crippen LogP contribution in [0.1, 0.15) is 43.7 Å². The van der Waals surface area contributed by atoms with E-state index >= 15 is 0 Å². The molecule has 0 unspecified atom stereocenters. The Morgan fingerprint density at radius 2 is 1.89 bits per heavy atom. The van der Waals surface area contributed by atoms with Gasteiger partial charge in [-0.1, -0.05) is 18.2 Å². The van der Waals surface area contributed by atoms with Crippen LogP contribution >= 0.6 is 11.3 Å². The van der Waals surface area contributed by atoms with Crippen molar-refractivity contribution in [1.29, 1.82) is 0 Å². The van der Waals surface area contributed by atoms with Crippen molar-refractivity contribution in [3.63, 3.8) is 0 Å². The third-order valence-electron chi connectivity index (χ3n) is 4.45. The van der Waals surface area contributed by atoms with Crippen molar-refractivity contribution in [2.24, 2.45) is 0 Å². The van der Waals surface area contributed by atoms with E-state index in [0.29, 0.717) is 27.8 Å². The third kappa shape index (κ3) is 4.48. The molecule has 1 amide bonds. The van der Waals surface area contributed by atoms with Gasteiger partial charge in [0.15, 0.2) is 0 Å². The Labute approximate surface area is 167 Å². The number of para-hydroxylation sites is 1. The van der Waals surface area contributed by atoms with Crippen LogP contribution in [0.15, 0.2) is 34.1 Å². The van der Waals surface area contributed by atoms with Crippen LogP contribution in [0.3, 0.4) is 0 Å². The number of anilines is 1. The zero-order valence-corrected chi connectivity index (χ0v) is 17.1. The number of nitrogens with zero attached hydrogens (tertiary/aromatic N) is 1. The van der Waals surface area contributed by atoms with Crippen LogP contribution in [0.5, 0.6) is 0 Å². The average Bonchev–Trinajstić information content (AvgIpc) is 3.19. The summed E-state index contributed by atoms with van der Waals surface area (Å²) in [5, 5.41) is 5.35. The number of aryl methyl sites for hydroxylation is 3. The molecule has 146 valence electrons. The van der Waals surface area contributed by atoms with Gasteiger partial charge >= 0.3 is 5.97 Å². The molecule has 0 saturated heterocycles. The first-order valence-corrected chi connectivity index (χ1v) is 9.75. The van der Waals surface area contributed by atoms with Gasteiger partial charge in [-0.05, 0) is 39.3 Å². The minimum absolute atomic E-state index is 0.0534. The topological polar surface area (TPSA) is 81.4 Å². The summed E-state index contributed by atoms with van der Waals surface area (Å²) >= 11 is 1.37. The molecular weight excluding hydrogens is 376 g/mol. The molecule has 1 N–H and O–H groups in total. The highest BCUT2D eigenvalue weighted by molar-refractivity contribution is 7.09. The lowest BCUT2D eigenvalue weighted by atomic mass is 10.1. The van der Waals surface area contributed by atoms with Crippen LogP contribution in [0, 0.1) is 27.7 Å². The molecule has 2 heterocycles. The monoisotopic (exact) mass is 398 g/mol. The maximum Gasteiger partial charge on any atom is 0.342 e. The van der Waals surface area contributed by atoms with Crippen molar-refractivity contribution in [3.05, 3.63) is 68.6 Å². The summed E-state index contributed by atoms with van der Waals surface area (Å²) in [7, 11) is 0. The highest BCUT2D eigenvalue weighted by atomic mass is 32.1. The van der Waals surface area contributed by atoms with Crippen LogP contribution in [-0.2, 0) is 22.6 Å². The molecule has 0 radical (unpaired) electrons. The summed E-state index contributed by atoms with van der Waals surface area (Å²) in [6.07, 6.45) is 0.173. The number of carbonyl (C=O) groups is 2. The highest BCUT2D eigenvalue weighted by Crippen LogP contribution is 2.22. The number of thiazole rings is 1. The number of carbonyl (C=O) groups excluding carboxylic acids is 2. The van der Waals surface area contributed by atoms with Crippen molar-refractivity contribution in [2.45, 2.75) is 40.7 Å². The second-order valence-electron chi connectivity index (χ2n) is 6.56. The molecule has 28 heavy (non-hydrogen) atoms. The molecule has 0 spiro atoms. The number of hydrogen-bond acceptors (Lipinski definition) is 6. The largest absolute Gasteiger partial charge is 0.465 e. The molecule has 0 atom stereocenters. The van der Waals surface area contributed by atoms with E-state index in [0.717, 1.165) is 16.8 Å². The molecule has 3 aromatic rings. The number of aromatic nitrogens is 1. The molecular formula is C21H22N2O4S. The van der Waals surface area contributed by atoms with Gasteiger partial charge in [0.25, 0.3) is 0 Å². The SMILES string of the molecule is Cc1ccccc1NC(=O)Cc1nc(COC(=O)c2c(C)oc(C)c2C)cs1. The number of esters is 1. The predicted octanol–water partition coefficient (Wildman–Crippen LogP) is 4.51. The molecule has 2 aromatic heterocycles. The van der Waals surface area contributed by atoms with E-state index in [2.05, 4.69) is 10.3 Å². The van der Waals surface area contributed by atoms with E-state index in [1.807, 2.05) is 45.0 Å². The van der Waals surface area contributed by atoms with Crippen molar-refractivity contribution in [1.82, 2.24) is 4.98 Å². The molecule has 0 bridgehead atoms. The Hall–Kier alpha value is -2.93. The first kappa shape index (κ1) is 19.8. The predicted molar refractivity (Wildman–Crippen MR) is 108 cm³/mol. The first-order chi connectivity index (χ1) is 13.3. The van der Waals surface area contributed by atoms with E-state index in [1.54, 1.807) is 12.3 Å². The fraction of sp³-hybridized carbons (Fsp3) is 0.286. The number of benzene rings is 1. The number of furan rings is 1. The van der Waals surface area contributed by atoms with Crippen LogP contribution in [0.25, 0.3) is 0 Å². The number of nitrogens with one attached hydrogen (secondary N) is 1. The lowest BCUT2D eigenvalue weighted by Crippen LogP contribution is -2.15. The van der Waals surface area contributed by atoms with E-state index in [4.69, 9.17) is 9.15 Å². The molecule has 6 nitrogen and oxygen atoms in total. The minimum Gasteiger partial charge on any atom is -0.465 e. The molecule has 0 fully saturated rings. The van der Waals surface area contributed by atoms with Crippen LogP contribution in [-0.4, -0.2) is 16.9 Å². The Morgan fingerprint density at radius 3 is 2.57 bits per heavy atom. The number of amides is 1. The first-order valence-electron chi connectivity index (χ1n) is 8.87. The maximum atomic E-state index is 12.3. The Morgan fingerprint density at radius 1 is 1.14 bits per heavy atom. The van der Waals surface area contributed by atoms with Crippen molar-refractivity contribution >= 4 is 28.9 Å². The summed E-state index contributed by atoms with van der Waals surface area (Å²) in [5.74, 6) is 0.693. The second-order valence-corrected chi connectivity index (χ2v) is 7.51. The third-order valence-corrected chi connectivity index (χ3v) is 5.34. The molecule has 7 heteroatoms. The quantitative estimate of drug-likeness (QED) is 0.618. The van der Waals surface area contributed by atoms with Crippen molar-refractivity contribution < 1.29 is 18.7 Å². The number of rotatable bonds is 6. The van der Waals surface area contributed by atoms with Crippen LogP contribution < -0.4 is 5.32 Å². The fourth-order valence-corrected chi connectivity index (χ4v) is 3.62. The van der Waals surface area contributed by atoms with E-state index < -0.39 is 5.97 Å². The van der Waals surface area contributed by atoms with Gasteiger partial charge < -0.3 is 14.5 Å². The standard InChI is InChI=1S/C21H22N2O4S/c1-12-7-5-6-8-17(12)23-18(24)9-19-22-16(11-28-19)10-26-21(25)20-13(2)14(3)27-15(20)4/h5-8,11H,9-10H2,1-4H3,(H,23,24). The maximum absolute atomic E-state index is 12.3. The van der Waals surface area contributed by atoms with E-state index in [1.165, 1.54) is 11.3 Å². The van der Waals surface area contributed by atoms with E-state index in [9.17, 15) is 9.59 Å². The Kier molecular flexibility index (Phi) is 5.94. The molecule has 1 aromatic carbocycles. The van der Waals surface area contributed by atoms with Gasteiger partial charge in [-0.3, -0.25) is 4.79 Å². The Bertz CT molecular complexity index is 1020. The summed E-state index contributed by atoms with van der Waals surface area (Å²) < 4.78 is 10.8. The molecule has 3 rings (SSSR count). The lowest BCUT2D eigenvalue weighted by Gasteiger charge is -2.06. The smallest absolute Gasteiger partial charge is 0.342 e. The Balaban J connectivity index is 1.56. The van der Waals surface area contributed by atoms with Gasteiger partial charge in [0.05, 0.1) is 12.1 Å². The number of hydrogen-bond donors (Lipinski definition) is 1. The summed E-state index contributed by atoms with van der Waals surface area (Å²) in [6.45, 7) is 7.38. The molecule has 0 saturated carbocycles. The molecule has 0 aliphatic rings. The van der Waals surface area contributed by atoms with Crippen LogP contribution in [0.2, 0.25) is 0 Å². The zero-order valence-electron chi connectivity index (χ0n) is 16.3. The lowest BCUT2D eigenvalue weighted by molar-refractivity contribution is -0.115. The summed E-state index contributed by atoms with van der Waals surface area (Å²) in [4.78, 5) is 28.9. The van der Waals surface area contributed by atoms with Crippen LogP contribution in [0.4, 0.5) is 5.69 Å². The minimum atomic E-state index is -0.432. The second kappa shape index (κ2) is 8.39. The van der Waals surface area contributed by atoms with Gasteiger partial charge in [0, 0.05) is 16.6 Å². The average molecular weight is 398 g/mol.